The van der Waals surface area contributed by atoms with E-state index in [-0.39, 0.29) is 12.2 Å². The van der Waals surface area contributed by atoms with Gasteiger partial charge >= 0.3 is 5.63 Å². The highest BCUT2D eigenvalue weighted by Gasteiger charge is 2.11. The minimum absolute atomic E-state index is 0.105. The van der Waals surface area contributed by atoms with E-state index in [1.165, 1.54) is 0 Å². The van der Waals surface area contributed by atoms with Gasteiger partial charge in [-0.25, -0.2) is 4.79 Å². The van der Waals surface area contributed by atoms with Crippen LogP contribution in [0.2, 0.25) is 0 Å². The van der Waals surface area contributed by atoms with Crippen molar-refractivity contribution in [1.82, 2.24) is 10.1 Å². The van der Waals surface area contributed by atoms with Crippen LogP contribution in [-0.4, -0.2) is 17.3 Å². The summed E-state index contributed by atoms with van der Waals surface area (Å²) in [5.74, 6) is 2.13. The predicted octanol–water partition coefficient (Wildman–Crippen LogP) is 4.38. The lowest BCUT2D eigenvalue weighted by molar-refractivity contribution is 0.243. The van der Waals surface area contributed by atoms with Crippen LogP contribution in [0.3, 0.4) is 0 Å². The summed E-state index contributed by atoms with van der Waals surface area (Å²) in [7, 11) is 1.61. The van der Waals surface area contributed by atoms with E-state index in [1.54, 1.807) is 19.2 Å². The van der Waals surface area contributed by atoms with E-state index < -0.39 is 0 Å². The van der Waals surface area contributed by atoms with E-state index in [2.05, 4.69) is 17.1 Å². The van der Waals surface area contributed by atoms with Gasteiger partial charge in [0.05, 0.1) is 7.11 Å². The van der Waals surface area contributed by atoms with Gasteiger partial charge in [-0.05, 0) is 48.4 Å². The van der Waals surface area contributed by atoms with Crippen LogP contribution in [0.1, 0.15) is 24.8 Å². The van der Waals surface area contributed by atoms with E-state index in [0.717, 1.165) is 35.1 Å². The standard InChI is InChI=1S/C22H20N2O5/c1-3-4-15-11-21(25)28-19-12-17(9-10-18(15)19)27-13-20-23-22(24-29-20)14-5-7-16(26-2)8-6-14/h5-12H,3-4,13H2,1-2H3. The lowest BCUT2D eigenvalue weighted by Gasteiger charge is -2.07. The Morgan fingerprint density at radius 2 is 1.83 bits per heavy atom. The highest BCUT2D eigenvalue weighted by atomic mass is 16.5. The summed E-state index contributed by atoms with van der Waals surface area (Å²) >= 11 is 0. The van der Waals surface area contributed by atoms with Crippen LogP contribution >= 0.6 is 0 Å². The Balaban J connectivity index is 1.49. The van der Waals surface area contributed by atoms with Gasteiger partial charge in [0.1, 0.15) is 17.1 Å². The maximum absolute atomic E-state index is 11.8. The van der Waals surface area contributed by atoms with Gasteiger partial charge in [-0.2, -0.15) is 4.98 Å². The smallest absolute Gasteiger partial charge is 0.336 e. The Bertz CT molecular complexity index is 1180. The van der Waals surface area contributed by atoms with Crippen molar-refractivity contribution in [3.8, 4) is 22.9 Å². The molecule has 0 unspecified atom stereocenters. The van der Waals surface area contributed by atoms with Crippen LogP contribution in [0, 0.1) is 0 Å². The van der Waals surface area contributed by atoms with E-state index in [0.29, 0.717) is 23.0 Å². The Hall–Kier alpha value is -3.61. The first-order chi connectivity index (χ1) is 14.2. The third-order valence-electron chi connectivity index (χ3n) is 4.50. The SMILES string of the molecule is CCCc1cc(=O)oc2cc(OCc3nc(-c4ccc(OC)cc4)no3)ccc12. The molecule has 148 valence electrons. The van der Waals surface area contributed by atoms with Crippen molar-refractivity contribution in [2.45, 2.75) is 26.4 Å². The van der Waals surface area contributed by atoms with Gasteiger partial charge in [-0.1, -0.05) is 18.5 Å². The fourth-order valence-corrected chi connectivity index (χ4v) is 3.09. The third kappa shape index (κ3) is 4.13. The second-order valence-corrected chi connectivity index (χ2v) is 6.53. The van der Waals surface area contributed by atoms with Gasteiger partial charge in [-0.15, -0.1) is 0 Å². The second-order valence-electron chi connectivity index (χ2n) is 6.53. The molecule has 0 bridgehead atoms. The summed E-state index contributed by atoms with van der Waals surface area (Å²) in [5, 5.41) is 4.90. The molecule has 0 aliphatic heterocycles. The van der Waals surface area contributed by atoms with Crippen LogP contribution in [0.4, 0.5) is 0 Å². The van der Waals surface area contributed by atoms with Crippen molar-refractivity contribution in [3.63, 3.8) is 0 Å². The van der Waals surface area contributed by atoms with Gasteiger partial charge in [-0.3, -0.25) is 0 Å². The van der Waals surface area contributed by atoms with Crippen LogP contribution in [-0.2, 0) is 13.0 Å². The Morgan fingerprint density at radius 1 is 1.03 bits per heavy atom. The molecule has 0 aliphatic carbocycles. The first-order valence-corrected chi connectivity index (χ1v) is 9.33. The van der Waals surface area contributed by atoms with Crippen LogP contribution in [0.15, 0.2) is 62.3 Å². The first-order valence-electron chi connectivity index (χ1n) is 9.33. The fourth-order valence-electron chi connectivity index (χ4n) is 3.09. The number of nitrogens with zero attached hydrogens (tertiary/aromatic N) is 2. The number of hydrogen-bond acceptors (Lipinski definition) is 7. The van der Waals surface area contributed by atoms with Crippen molar-refractivity contribution in [3.05, 3.63) is 70.4 Å². The van der Waals surface area contributed by atoms with Gasteiger partial charge in [0, 0.05) is 23.1 Å². The monoisotopic (exact) mass is 392 g/mol. The van der Waals surface area contributed by atoms with Crippen LogP contribution in [0.25, 0.3) is 22.4 Å². The second kappa shape index (κ2) is 8.18. The number of ether oxygens (including phenoxy) is 2. The number of aromatic nitrogens is 2. The van der Waals surface area contributed by atoms with Crippen molar-refractivity contribution in [2.75, 3.05) is 7.11 Å². The average Bonchev–Trinajstić information content (AvgIpc) is 3.21. The minimum atomic E-state index is -0.362. The van der Waals surface area contributed by atoms with Crippen molar-refractivity contribution in [1.29, 1.82) is 0 Å². The molecule has 7 nitrogen and oxygen atoms in total. The molecular formula is C22H20N2O5. The van der Waals surface area contributed by atoms with Crippen LogP contribution < -0.4 is 15.1 Å². The molecule has 0 fully saturated rings. The van der Waals surface area contributed by atoms with E-state index in [9.17, 15) is 4.79 Å². The van der Waals surface area contributed by atoms with Gasteiger partial charge in [0.2, 0.25) is 5.82 Å². The number of methoxy groups -OCH3 is 1. The number of aryl methyl sites for hydroxylation is 1. The largest absolute Gasteiger partial charge is 0.497 e. The summed E-state index contributed by atoms with van der Waals surface area (Å²) in [5.41, 5.74) is 1.94. The van der Waals surface area contributed by atoms with E-state index in [1.807, 2.05) is 36.4 Å². The van der Waals surface area contributed by atoms with Crippen molar-refractivity contribution < 1.29 is 18.4 Å². The normalized spacial score (nSPS) is 11.0. The third-order valence-corrected chi connectivity index (χ3v) is 4.50. The van der Waals surface area contributed by atoms with Gasteiger partial charge < -0.3 is 18.4 Å². The molecule has 7 heteroatoms. The topological polar surface area (TPSA) is 87.6 Å². The molecule has 0 amide bonds. The lowest BCUT2D eigenvalue weighted by Crippen LogP contribution is -2.01. The molecule has 0 radical (unpaired) electrons. The summed E-state index contributed by atoms with van der Waals surface area (Å²) < 4.78 is 21.5. The summed E-state index contributed by atoms with van der Waals surface area (Å²) in [4.78, 5) is 16.1. The molecule has 0 saturated heterocycles. The molecule has 0 saturated carbocycles. The molecule has 2 aromatic heterocycles. The average molecular weight is 392 g/mol. The summed E-state index contributed by atoms with van der Waals surface area (Å²) in [6.45, 7) is 2.18. The molecule has 2 aromatic carbocycles. The van der Waals surface area contributed by atoms with Gasteiger partial charge in [0.15, 0.2) is 6.61 Å². The maximum Gasteiger partial charge on any atom is 0.336 e. The van der Waals surface area contributed by atoms with E-state index in [4.69, 9.17) is 18.4 Å². The number of benzene rings is 2. The Kier molecular flexibility index (Phi) is 5.29. The molecular weight excluding hydrogens is 372 g/mol. The molecule has 29 heavy (non-hydrogen) atoms. The Morgan fingerprint density at radius 3 is 2.59 bits per heavy atom. The Labute approximate surface area is 166 Å². The zero-order chi connectivity index (χ0) is 20.2. The highest BCUT2D eigenvalue weighted by molar-refractivity contribution is 5.81. The maximum atomic E-state index is 11.8. The highest BCUT2D eigenvalue weighted by Crippen LogP contribution is 2.25. The molecule has 0 aliphatic rings. The van der Waals surface area contributed by atoms with E-state index >= 15 is 0 Å². The van der Waals surface area contributed by atoms with Gasteiger partial charge in [0.25, 0.3) is 5.89 Å². The molecule has 0 atom stereocenters. The zero-order valence-electron chi connectivity index (χ0n) is 16.2. The van der Waals surface area contributed by atoms with Crippen LogP contribution in [0.5, 0.6) is 11.5 Å². The van der Waals surface area contributed by atoms with Crippen molar-refractivity contribution >= 4 is 11.0 Å². The number of rotatable bonds is 7. The molecule has 0 spiro atoms. The summed E-state index contributed by atoms with van der Waals surface area (Å²) in [6, 6.07) is 14.4. The first kappa shape index (κ1) is 18.7. The quantitative estimate of drug-likeness (QED) is 0.431. The minimum Gasteiger partial charge on any atom is -0.497 e. The lowest BCUT2D eigenvalue weighted by atomic mass is 10.1. The molecule has 0 N–H and O–H groups in total. The number of hydrogen-bond donors (Lipinski definition) is 0. The molecule has 4 aromatic rings. The zero-order valence-corrected chi connectivity index (χ0v) is 16.2. The molecule has 4 rings (SSSR count). The predicted molar refractivity (Wildman–Crippen MR) is 107 cm³/mol. The number of fused-ring (bicyclic) bond motifs is 1. The van der Waals surface area contributed by atoms with Crippen molar-refractivity contribution in [2.24, 2.45) is 0 Å². The summed E-state index contributed by atoms with van der Waals surface area (Å²) in [6.07, 6.45) is 1.77. The fraction of sp³-hybridized carbons (Fsp3) is 0.227. The molecule has 2 heterocycles.